The van der Waals surface area contributed by atoms with Gasteiger partial charge in [0, 0.05) is 12.2 Å². The van der Waals surface area contributed by atoms with Crippen molar-refractivity contribution in [3.63, 3.8) is 0 Å². The summed E-state index contributed by atoms with van der Waals surface area (Å²) in [4.78, 5) is 0. The summed E-state index contributed by atoms with van der Waals surface area (Å²) in [5.74, 6) is 1.55. The fourth-order valence-electron chi connectivity index (χ4n) is 1.99. The van der Waals surface area contributed by atoms with Gasteiger partial charge in [-0.2, -0.15) is 0 Å². The van der Waals surface area contributed by atoms with Gasteiger partial charge in [-0.25, -0.2) is 4.68 Å². The third-order valence-corrected chi connectivity index (χ3v) is 5.13. The molecule has 0 spiro atoms. The molecule has 0 fully saturated rings. The van der Waals surface area contributed by atoms with Crippen LogP contribution in [-0.4, -0.2) is 30.4 Å². The van der Waals surface area contributed by atoms with Gasteiger partial charge in [0.1, 0.15) is 0 Å². The van der Waals surface area contributed by atoms with Gasteiger partial charge < -0.3 is 5.32 Å². The van der Waals surface area contributed by atoms with Gasteiger partial charge in [-0.05, 0) is 35.4 Å². The molecule has 120 valence electrons. The van der Waals surface area contributed by atoms with Gasteiger partial charge in [0.05, 0.1) is 5.75 Å². The van der Waals surface area contributed by atoms with Crippen LogP contribution in [0.15, 0.2) is 28.6 Å². The molecule has 3 aromatic rings. The van der Waals surface area contributed by atoms with Crippen LogP contribution >= 0.6 is 23.1 Å². The molecule has 2 aromatic heterocycles. The van der Waals surface area contributed by atoms with E-state index in [-0.39, 0.29) is 0 Å². The molecule has 0 atom stereocenters. The highest BCUT2D eigenvalue weighted by molar-refractivity contribution is 8.00. The van der Waals surface area contributed by atoms with E-state index in [2.05, 4.69) is 51.0 Å². The first-order valence-electron chi connectivity index (χ1n) is 7.30. The summed E-state index contributed by atoms with van der Waals surface area (Å²) in [5.41, 5.74) is 2.22. The normalized spacial score (nSPS) is 10.9. The van der Waals surface area contributed by atoms with Crippen LogP contribution in [0.1, 0.15) is 24.7 Å². The molecule has 0 aliphatic carbocycles. The van der Waals surface area contributed by atoms with Crippen molar-refractivity contribution in [1.29, 1.82) is 0 Å². The average molecular weight is 347 g/mol. The zero-order valence-corrected chi connectivity index (χ0v) is 14.6. The summed E-state index contributed by atoms with van der Waals surface area (Å²) in [5, 5.41) is 24.3. The molecule has 9 heteroatoms. The van der Waals surface area contributed by atoms with Gasteiger partial charge in [0.15, 0.2) is 10.2 Å². The van der Waals surface area contributed by atoms with E-state index in [0.29, 0.717) is 5.75 Å². The second-order valence-corrected chi connectivity index (χ2v) is 7.12. The van der Waals surface area contributed by atoms with E-state index in [4.69, 9.17) is 0 Å². The average Bonchev–Trinajstić information content (AvgIpc) is 3.17. The van der Waals surface area contributed by atoms with Crippen LogP contribution in [0.2, 0.25) is 0 Å². The van der Waals surface area contributed by atoms with Gasteiger partial charge in [0.2, 0.25) is 5.13 Å². The van der Waals surface area contributed by atoms with Gasteiger partial charge in [-0.1, -0.05) is 48.2 Å². The maximum Gasteiger partial charge on any atom is 0.210 e. The highest BCUT2D eigenvalue weighted by Crippen LogP contribution is 2.30. The van der Waals surface area contributed by atoms with E-state index >= 15 is 0 Å². The molecule has 7 nitrogen and oxygen atoms in total. The first-order valence-corrected chi connectivity index (χ1v) is 9.10. The number of hydrogen-bond acceptors (Lipinski definition) is 8. The molecule has 3 rings (SSSR count). The van der Waals surface area contributed by atoms with Crippen LogP contribution in [-0.2, 0) is 12.3 Å². The van der Waals surface area contributed by atoms with Crippen molar-refractivity contribution in [2.75, 3.05) is 5.32 Å². The Labute approximate surface area is 142 Å². The molecular weight excluding hydrogens is 330 g/mol. The molecule has 0 aliphatic heterocycles. The smallest absolute Gasteiger partial charge is 0.210 e. The number of thioether (sulfide) groups is 1. The van der Waals surface area contributed by atoms with E-state index in [9.17, 15) is 0 Å². The molecule has 0 unspecified atom stereocenters. The van der Waals surface area contributed by atoms with Crippen LogP contribution in [0, 0.1) is 6.92 Å². The Morgan fingerprint density at radius 3 is 2.91 bits per heavy atom. The van der Waals surface area contributed by atoms with Crippen molar-refractivity contribution in [2.24, 2.45) is 0 Å². The van der Waals surface area contributed by atoms with Crippen LogP contribution in [0.4, 0.5) is 10.8 Å². The van der Waals surface area contributed by atoms with Crippen molar-refractivity contribution in [3.8, 4) is 0 Å². The van der Waals surface area contributed by atoms with Crippen molar-refractivity contribution in [3.05, 3.63) is 35.7 Å². The predicted molar refractivity (Wildman–Crippen MR) is 92.0 cm³/mol. The van der Waals surface area contributed by atoms with E-state index in [1.54, 1.807) is 11.8 Å². The Bertz CT molecular complexity index is 768. The Morgan fingerprint density at radius 2 is 2.09 bits per heavy atom. The number of nitrogens with zero attached hydrogens (tertiary/aromatic N) is 6. The maximum absolute atomic E-state index is 4.21. The molecule has 0 saturated heterocycles. The Morgan fingerprint density at radius 1 is 1.22 bits per heavy atom. The lowest BCUT2D eigenvalue weighted by molar-refractivity contribution is 0.564. The highest BCUT2D eigenvalue weighted by atomic mass is 32.2. The lowest BCUT2D eigenvalue weighted by atomic mass is 10.2. The predicted octanol–water partition coefficient (Wildman–Crippen LogP) is 3.28. The summed E-state index contributed by atoms with van der Waals surface area (Å²) in [6, 6.07) is 8.11. The van der Waals surface area contributed by atoms with E-state index in [0.717, 1.165) is 33.9 Å². The van der Waals surface area contributed by atoms with Crippen molar-refractivity contribution >= 4 is 33.9 Å². The third kappa shape index (κ3) is 4.05. The molecule has 0 radical (unpaired) electrons. The number of para-hydroxylation sites is 1. The summed E-state index contributed by atoms with van der Waals surface area (Å²) < 4.78 is 2.73. The second-order valence-electron chi connectivity index (χ2n) is 4.92. The number of hydrogen-bond donors (Lipinski definition) is 1. The van der Waals surface area contributed by atoms with Crippen LogP contribution in [0.5, 0.6) is 0 Å². The Hall–Kier alpha value is -2.00. The van der Waals surface area contributed by atoms with Crippen LogP contribution < -0.4 is 5.32 Å². The maximum atomic E-state index is 4.21. The van der Waals surface area contributed by atoms with Crippen LogP contribution in [0.3, 0.4) is 0 Å². The highest BCUT2D eigenvalue weighted by Gasteiger charge is 2.10. The van der Waals surface area contributed by atoms with Gasteiger partial charge in [0.25, 0.3) is 0 Å². The minimum atomic E-state index is 0.687. The van der Waals surface area contributed by atoms with E-state index in [1.807, 2.05) is 22.9 Å². The van der Waals surface area contributed by atoms with Crippen molar-refractivity contribution in [1.82, 2.24) is 30.4 Å². The third-order valence-electron chi connectivity index (χ3n) is 3.16. The van der Waals surface area contributed by atoms with Crippen molar-refractivity contribution in [2.45, 2.75) is 36.9 Å². The first-order chi connectivity index (χ1) is 11.3. The second kappa shape index (κ2) is 7.51. The van der Waals surface area contributed by atoms with E-state index in [1.165, 1.54) is 16.9 Å². The molecule has 23 heavy (non-hydrogen) atoms. The Balaban J connectivity index is 1.61. The van der Waals surface area contributed by atoms with Gasteiger partial charge in [-0.15, -0.1) is 15.3 Å². The number of benzene rings is 1. The number of aromatic nitrogens is 6. The minimum absolute atomic E-state index is 0.687. The summed E-state index contributed by atoms with van der Waals surface area (Å²) in [6.45, 7) is 5.00. The standard InChI is InChI=1S/C14H17N7S2/c1-3-8-21-12(16-19-20-21)9-22-14-18-17-13(23-14)15-11-7-5-4-6-10(11)2/h4-7H,3,8-9H2,1-2H3,(H,15,17). The molecule has 2 heterocycles. The first kappa shape index (κ1) is 15.9. The SMILES string of the molecule is CCCn1nnnc1CSc1nnc(Nc2ccccc2C)s1. The van der Waals surface area contributed by atoms with E-state index < -0.39 is 0 Å². The fourth-order valence-corrected chi connectivity index (χ4v) is 3.68. The molecule has 1 aromatic carbocycles. The summed E-state index contributed by atoms with van der Waals surface area (Å²) in [6.07, 6.45) is 1.01. The number of nitrogens with one attached hydrogen (secondary N) is 1. The number of aryl methyl sites for hydroxylation is 2. The fraction of sp³-hybridized carbons (Fsp3) is 0.357. The largest absolute Gasteiger partial charge is 0.330 e. The quantitative estimate of drug-likeness (QED) is 0.657. The monoisotopic (exact) mass is 347 g/mol. The number of rotatable bonds is 7. The molecular formula is C14H17N7S2. The van der Waals surface area contributed by atoms with Crippen molar-refractivity contribution < 1.29 is 0 Å². The van der Waals surface area contributed by atoms with Crippen LogP contribution in [0.25, 0.3) is 0 Å². The molecule has 1 N–H and O–H groups in total. The topological polar surface area (TPSA) is 81.4 Å². The lowest BCUT2D eigenvalue weighted by Gasteiger charge is -2.04. The minimum Gasteiger partial charge on any atom is -0.330 e. The molecule has 0 amide bonds. The number of tetrazole rings is 1. The summed E-state index contributed by atoms with van der Waals surface area (Å²) >= 11 is 3.12. The lowest BCUT2D eigenvalue weighted by Crippen LogP contribution is -2.04. The molecule has 0 aliphatic rings. The number of anilines is 2. The van der Waals surface area contributed by atoms with Gasteiger partial charge >= 0.3 is 0 Å². The molecule has 0 bridgehead atoms. The Kier molecular flexibility index (Phi) is 5.19. The summed E-state index contributed by atoms with van der Waals surface area (Å²) in [7, 11) is 0. The zero-order valence-electron chi connectivity index (χ0n) is 12.9. The zero-order chi connectivity index (χ0) is 16.1. The molecule has 0 saturated carbocycles. The van der Waals surface area contributed by atoms with Gasteiger partial charge in [-0.3, -0.25) is 0 Å².